The van der Waals surface area contributed by atoms with Crippen molar-refractivity contribution in [2.24, 2.45) is 5.92 Å². The maximum Gasteiger partial charge on any atom is 0.315 e. The molecule has 9 heteroatoms. The summed E-state index contributed by atoms with van der Waals surface area (Å²) in [6, 6.07) is -0.455. The number of nitrogens with zero attached hydrogens (tertiary/aromatic N) is 3. The molecule has 2 amide bonds. The zero-order valence-corrected chi connectivity index (χ0v) is 15.6. The topological polar surface area (TPSA) is 112 Å². The lowest BCUT2D eigenvalue weighted by Crippen LogP contribution is -2.49. The first-order valence-electron chi connectivity index (χ1n) is 9.43. The molecule has 26 heavy (non-hydrogen) atoms. The lowest BCUT2D eigenvalue weighted by atomic mass is 10.1. The summed E-state index contributed by atoms with van der Waals surface area (Å²) in [7, 11) is 0. The summed E-state index contributed by atoms with van der Waals surface area (Å²) in [5.41, 5.74) is 1.01. The predicted molar refractivity (Wildman–Crippen MR) is 97.1 cm³/mol. The van der Waals surface area contributed by atoms with E-state index in [1.54, 1.807) is 4.68 Å². The van der Waals surface area contributed by atoms with Gasteiger partial charge in [0.05, 0.1) is 17.8 Å². The van der Waals surface area contributed by atoms with Crippen LogP contribution in [0.3, 0.4) is 0 Å². The zero-order chi connectivity index (χ0) is 17.4. The molecule has 1 heterocycles. The molecular formula is C17H28ClN5O3. The van der Waals surface area contributed by atoms with Crippen molar-refractivity contribution in [1.29, 1.82) is 0 Å². The molecule has 4 N–H and O–H groups in total. The van der Waals surface area contributed by atoms with Gasteiger partial charge >= 0.3 is 6.03 Å². The third-order valence-corrected chi connectivity index (χ3v) is 5.78. The lowest BCUT2D eigenvalue weighted by molar-refractivity contribution is 0.00857. The van der Waals surface area contributed by atoms with Crippen LogP contribution in [0.15, 0.2) is 6.20 Å². The molecule has 146 valence electrons. The molecule has 3 fully saturated rings. The molecule has 0 saturated heterocycles. The van der Waals surface area contributed by atoms with E-state index in [9.17, 15) is 15.0 Å². The van der Waals surface area contributed by atoms with Gasteiger partial charge in [-0.2, -0.15) is 0 Å². The van der Waals surface area contributed by atoms with E-state index in [1.807, 2.05) is 6.20 Å². The number of hydrogen-bond donors (Lipinski definition) is 4. The number of amides is 2. The highest BCUT2D eigenvalue weighted by molar-refractivity contribution is 5.85. The number of urea groups is 1. The van der Waals surface area contributed by atoms with Crippen LogP contribution in [0.25, 0.3) is 0 Å². The molecule has 3 aliphatic rings. The monoisotopic (exact) mass is 385 g/mol. The second-order valence-electron chi connectivity index (χ2n) is 7.82. The van der Waals surface area contributed by atoms with Gasteiger partial charge in [-0.25, -0.2) is 4.79 Å². The molecule has 0 radical (unpaired) electrons. The van der Waals surface area contributed by atoms with Gasteiger partial charge in [0.25, 0.3) is 0 Å². The van der Waals surface area contributed by atoms with Gasteiger partial charge in [0.2, 0.25) is 0 Å². The Kier molecular flexibility index (Phi) is 6.04. The molecule has 4 atom stereocenters. The minimum atomic E-state index is -0.953. The molecule has 0 aromatic carbocycles. The van der Waals surface area contributed by atoms with E-state index in [0.29, 0.717) is 18.9 Å². The van der Waals surface area contributed by atoms with Crippen molar-refractivity contribution in [3.05, 3.63) is 11.9 Å². The summed E-state index contributed by atoms with van der Waals surface area (Å²) < 4.78 is 1.75. The van der Waals surface area contributed by atoms with Crippen LogP contribution >= 0.6 is 12.4 Å². The summed E-state index contributed by atoms with van der Waals surface area (Å²) in [5.74, 6) is 0.391. The normalized spacial score (nSPS) is 31.6. The van der Waals surface area contributed by atoms with Gasteiger partial charge in [0, 0.05) is 30.6 Å². The Bertz CT molecular complexity index is 617. The van der Waals surface area contributed by atoms with Crippen LogP contribution in [0.4, 0.5) is 4.79 Å². The largest absolute Gasteiger partial charge is 0.390 e. The highest BCUT2D eigenvalue weighted by atomic mass is 35.5. The smallest absolute Gasteiger partial charge is 0.315 e. The predicted octanol–water partition coefficient (Wildman–Crippen LogP) is 0.929. The fraction of sp³-hybridized carbons (Fsp3) is 0.824. The van der Waals surface area contributed by atoms with Crippen molar-refractivity contribution in [2.45, 2.75) is 81.7 Å². The number of carbonyl (C=O) groups excluding carboxylic acids is 1. The van der Waals surface area contributed by atoms with Gasteiger partial charge in [-0.15, -0.1) is 17.5 Å². The summed E-state index contributed by atoms with van der Waals surface area (Å²) in [5, 5.41) is 34.7. The average Bonchev–Trinajstić information content (AvgIpc) is 3.00. The van der Waals surface area contributed by atoms with Gasteiger partial charge in [-0.3, -0.25) is 4.68 Å². The van der Waals surface area contributed by atoms with Crippen molar-refractivity contribution in [3.8, 4) is 0 Å². The number of rotatable bonds is 5. The molecule has 4 rings (SSSR count). The summed E-state index contributed by atoms with van der Waals surface area (Å²) in [6.07, 6.45) is 7.32. The SMILES string of the molecule is Cl.O=C(NC1CCCC1)N[C@@H]1C[C@H](Cn2cc(C3CC3)nn2)[C@@H](O)[C@H]1O. The Morgan fingerprint density at radius 1 is 1.15 bits per heavy atom. The number of hydrogen-bond acceptors (Lipinski definition) is 5. The van der Waals surface area contributed by atoms with Crippen molar-refractivity contribution in [1.82, 2.24) is 25.6 Å². The summed E-state index contributed by atoms with van der Waals surface area (Å²) in [4.78, 5) is 12.1. The second kappa shape index (κ2) is 8.10. The van der Waals surface area contributed by atoms with Crippen LogP contribution in [0.2, 0.25) is 0 Å². The van der Waals surface area contributed by atoms with E-state index in [1.165, 1.54) is 12.8 Å². The quantitative estimate of drug-likeness (QED) is 0.602. The molecule has 1 aromatic rings. The van der Waals surface area contributed by atoms with E-state index in [4.69, 9.17) is 0 Å². The van der Waals surface area contributed by atoms with Crippen LogP contribution in [0, 0.1) is 5.92 Å². The van der Waals surface area contributed by atoms with Crippen LogP contribution in [0.1, 0.15) is 56.6 Å². The minimum Gasteiger partial charge on any atom is -0.390 e. The van der Waals surface area contributed by atoms with Crippen molar-refractivity contribution in [3.63, 3.8) is 0 Å². The molecule has 0 aliphatic heterocycles. The lowest BCUT2D eigenvalue weighted by Gasteiger charge is -2.20. The number of aliphatic hydroxyl groups is 2. The maximum atomic E-state index is 12.1. The van der Waals surface area contributed by atoms with Gasteiger partial charge in [-0.1, -0.05) is 18.1 Å². The Labute approximate surface area is 159 Å². The molecule has 0 unspecified atom stereocenters. The molecule has 3 saturated carbocycles. The summed E-state index contributed by atoms with van der Waals surface area (Å²) in [6.45, 7) is 0.500. The molecule has 3 aliphatic carbocycles. The number of nitrogens with one attached hydrogen (secondary N) is 2. The number of carbonyl (C=O) groups is 1. The zero-order valence-electron chi connectivity index (χ0n) is 14.8. The third kappa shape index (κ3) is 4.29. The average molecular weight is 386 g/mol. The Hall–Kier alpha value is -1.38. The number of aromatic nitrogens is 3. The number of aliphatic hydroxyl groups excluding tert-OH is 2. The first kappa shape index (κ1) is 19.4. The van der Waals surface area contributed by atoms with Crippen molar-refractivity contribution in [2.75, 3.05) is 0 Å². The van der Waals surface area contributed by atoms with Gasteiger partial charge in [0.1, 0.15) is 6.10 Å². The number of halogens is 1. The third-order valence-electron chi connectivity index (χ3n) is 5.78. The van der Waals surface area contributed by atoms with E-state index in [2.05, 4.69) is 20.9 Å². The van der Waals surface area contributed by atoms with E-state index >= 15 is 0 Å². The Balaban J connectivity index is 0.00000196. The molecule has 0 bridgehead atoms. The van der Waals surface area contributed by atoms with Gasteiger partial charge < -0.3 is 20.8 Å². The maximum absolute atomic E-state index is 12.1. The van der Waals surface area contributed by atoms with Crippen LogP contribution < -0.4 is 10.6 Å². The first-order valence-corrected chi connectivity index (χ1v) is 9.43. The molecule has 1 aromatic heterocycles. The van der Waals surface area contributed by atoms with Crippen molar-refractivity contribution < 1.29 is 15.0 Å². The minimum absolute atomic E-state index is 0. The Morgan fingerprint density at radius 3 is 2.58 bits per heavy atom. The summed E-state index contributed by atoms with van der Waals surface area (Å²) >= 11 is 0. The first-order chi connectivity index (χ1) is 12.1. The second-order valence-corrected chi connectivity index (χ2v) is 7.82. The van der Waals surface area contributed by atoms with Crippen molar-refractivity contribution >= 4 is 18.4 Å². The van der Waals surface area contributed by atoms with Gasteiger partial charge in [-0.05, 0) is 32.1 Å². The highest BCUT2D eigenvalue weighted by Crippen LogP contribution is 2.38. The fourth-order valence-corrected chi connectivity index (χ4v) is 4.12. The molecular weight excluding hydrogens is 358 g/mol. The van der Waals surface area contributed by atoms with E-state index in [0.717, 1.165) is 31.4 Å². The standard InChI is InChI=1S/C17H27N5O3.ClH/c23-15-11(8-22-9-14(20-21-22)10-5-6-10)7-13(16(15)24)19-17(25)18-12-3-1-2-4-12;/h9-13,15-16,23-24H,1-8H2,(H2,18,19,25);1H/t11-,13-,15-,16+;/m1./s1. The highest BCUT2D eigenvalue weighted by Gasteiger charge is 2.42. The van der Waals surface area contributed by atoms with Gasteiger partial charge in [0.15, 0.2) is 0 Å². The Morgan fingerprint density at radius 2 is 1.88 bits per heavy atom. The van der Waals surface area contributed by atoms with E-state index < -0.39 is 18.2 Å². The van der Waals surface area contributed by atoms with Crippen LogP contribution in [-0.2, 0) is 6.54 Å². The van der Waals surface area contributed by atoms with Crippen LogP contribution in [0.5, 0.6) is 0 Å². The van der Waals surface area contributed by atoms with Crippen LogP contribution in [-0.4, -0.2) is 55.5 Å². The molecule has 0 spiro atoms. The molecule has 8 nitrogen and oxygen atoms in total. The fourth-order valence-electron chi connectivity index (χ4n) is 4.12. The van der Waals surface area contributed by atoms with E-state index in [-0.39, 0.29) is 30.4 Å².